The van der Waals surface area contributed by atoms with Crippen LogP contribution in [-0.4, -0.2) is 16.1 Å². The second kappa shape index (κ2) is 4.44. The molecular formula is C12H8ClN3OS. The third-order valence-electron chi connectivity index (χ3n) is 2.53. The van der Waals surface area contributed by atoms with E-state index in [9.17, 15) is 4.79 Å². The Hall–Kier alpha value is -1.85. The van der Waals surface area contributed by atoms with Crippen LogP contribution in [0.3, 0.4) is 0 Å². The second-order valence-corrected chi connectivity index (χ2v) is 4.99. The van der Waals surface area contributed by atoms with Crippen molar-refractivity contribution < 1.29 is 4.79 Å². The molecule has 0 bridgehead atoms. The fourth-order valence-electron chi connectivity index (χ4n) is 1.68. The highest BCUT2D eigenvalue weighted by molar-refractivity contribution is 7.12. The van der Waals surface area contributed by atoms with Crippen molar-refractivity contribution in [3.8, 4) is 0 Å². The van der Waals surface area contributed by atoms with Crippen LogP contribution in [0.15, 0.2) is 35.7 Å². The summed E-state index contributed by atoms with van der Waals surface area (Å²) in [6.45, 7) is 0. The fraction of sp³-hybridized carbons (Fsp3) is 0. The molecule has 2 N–H and O–H groups in total. The maximum atomic E-state index is 12.0. The van der Waals surface area contributed by atoms with E-state index in [4.69, 9.17) is 11.6 Å². The molecule has 3 aromatic rings. The minimum absolute atomic E-state index is 0.243. The highest BCUT2D eigenvalue weighted by Gasteiger charge is 2.14. The number of amides is 1. The first kappa shape index (κ1) is 11.3. The predicted octanol–water partition coefficient (Wildman–Crippen LogP) is 3.53. The number of para-hydroxylation sites is 1. The molecule has 0 radical (unpaired) electrons. The Bertz CT molecular complexity index is 719. The highest BCUT2D eigenvalue weighted by Crippen LogP contribution is 2.25. The third-order valence-corrected chi connectivity index (χ3v) is 3.87. The monoisotopic (exact) mass is 277 g/mol. The van der Waals surface area contributed by atoms with Gasteiger partial charge < -0.3 is 5.32 Å². The van der Waals surface area contributed by atoms with E-state index in [1.807, 2.05) is 24.3 Å². The molecule has 1 amide bonds. The Balaban J connectivity index is 1.93. The molecule has 0 atom stereocenters. The number of carbonyl (C=O) groups is 1. The number of halogens is 1. The lowest BCUT2D eigenvalue weighted by Gasteiger charge is -2.00. The van der Waals surface area contributed by atoms with Crippen LogP contribution in [0.4, 0.5) is 5.82 Å². The first-order valence-corrected chi connectivity index (χ1v) is 6.49. The smallest absolute Gasteiger partial charge is 0.268 e. The van der Waals surface area contributed by atoms with Crippen molar-refractivity contribution >= 4 is 45.6 Å². The van der Waals surface area contributed by atoms with Gasteiger partial charge in [-0.15, -0.1) is 11.3 Å². The van der Waals surface area contributed by atoms with E-state index in [0.29, 0.717) is 15.7 Å². The Labute approximate surface area is 112 Å². The first-order valence-electron chi connectivity index (χ1n) is 5.23. The molecule has 90 valence electrons. The molecule has 1 aromatic carbocycles. The van der Waals surface area contributed by atoms with Crippen LogP contribution in [0.2, 0.25) is 5.02 Å². The minimum Gasteiger partial charge on any atom is -0.304 e. The Kier molecular flexibility index (Phi) is 2.77. The van der Waals surface area contributed by atoms with E-state index in [2.05, 4.69) is 15.5 Å². The number of fused-ring (bicyclic) bond motifs is 1. The van der Waals surface area contributed by atoms with Gasteiger partial charge in [-0.2, -0.15) is 5.10 Å². The number of nitrogens with one attached hydrogen (secondary N) is 2. The lowest BCUT2D eigenvalue weighted by atomic mass is 10.2. The number of hydrogen-bond acceptors (Lipinski definition) is 3. The number of carbonyl (C=O) groups excluding carboxylic acids is 1. The van der Waals surface area contributed by atoms with Crippen LogP contribution in [0.25, 0.3) is 10.9 Å². The largest absolute Gasteiger partial charge is 0.304 e. The highest BCUT2D eigenvalue weighted by atomic mass is 35.5. The van der Waals surface area contributed by atoms with E-state index < -0.39 is 0 Å². The van der Waals surface area contributed by atoms with Crippen molar-refractivity contribution in [2.75, 3.05) is 5.32 Å². The molecule has 3 rings (SSSR count). The molecule has 2 heterocycles. The minimum atomic E-state index is -0.243. The van der Waals surface area contributed by atoms with Gasteiger partial charge in [-0.1, -0.05) is 23.7 Å². The third kappa shape index (κ3) is 1.87. The maximum Gasteiger partial charge on any atom is 0.268 e. The zero-order valence-corrected chi connectivity index (χ0v) is 10.7. The number of nitrogens with zero attached hydrogens (tertiary/aromatic N) is 1. The molecule has 0 fully saturated rings. The van der Waals surface area contributed by atoms with E-state index in [1.165, 1.54) is 11.3 Å². The average molecular weight is 278 g/mol. The summed E-state index contributed by atoms with van der Waals surface area (Å²) in [5.74, 6) is 0.271. The Morgan fingerprint density at radius 3 is 2.94 bits per heavy atom. The number of rotatable bonds is 2. The van der Waals surface area contributed by atoms with Crippen molar-refractivity contribution in [2.45, 2.75) is 0 Å². The van der Waals surface area contributed by atoms with Gasteiger partial charge in [0.2, 0.25) is 0 Å². The quantitative estimate of drug-likeness (QED) is 0.753. The van der Waals surface area contributed by atoms with Crippen molar-refractivity contribution in [2.24, 2.45) is 0 Å². The number of aromatic amines is 1. The zero-order valence-electron chi connectivity index (χ0n) is 9.11. The second-order valence-electron chi connectivity index (χ2n) is 3.67. The number of thiophene rings is 1. The summed E-state index contributed by atoms with van der Waals surface area (Å²) < 4.78 is 0. The van der Waals surface area contributed by atoms with Gasteiger partial charge in [-0.25, -0.2) is 0 Å². The average Bonchev–Trinajstić information content (AvgIpc) is 2.97. The van der Waals surface area contributed by atoms with Crippen molar-refractivity contribution in [3.63, 3.8) is 0 Å². The van der Waals surface area contributed by atoms with Gasteiger partial charge in [-0.3, -0.25) is 9.89 Å². The van der Waals surface area contributed by atoms with Crippen LogP contribution in [0.5, 0.6) is 0 Å². The van der Waals surface area contributed by atoms with E-state index in [1.54, 1.807) is 11.4 Å². The van der Waals surface area contributed by atoms with Gasteiger partial charge in [0.05, 0.1) is 10.5 Å². The van der Waals surface area contributed by atoms with Gasteiger partial charge in [0, 0.05) is 5.39 Å². The van der Waals surface area contributed by atoms with Crippen molar-refractivity contribution in [3.05, 3.63) is 45.6 Å². The Morgan fingerprint density at radius 2 is 2.17 bits per heavy atom. The van der Waals surface area contributed by atoms with Crippen molar-refractivity contribution in [1.29, 1.82) is 0 Å². The van der Waals surface area contributed by atoms with Crippen LogP contribution >= 0.6 is 22.9 Å². The van der Waals surface area contributed by atoms with Crippen LogP contribution in [0, 0.1) is 0 Å². The van der Waals surface area contributed by atoms with Crippen LogP contribution < -0.4 is 5.32 Å². The molecule has 0 aliphatic rings. The summed E-state index contributed by atoms with van der Waals surface area (Å²) in [5.41, 5.74) is 0.880. The molecule has 2 aromatic heterocycles. The molecular weight excluding hydrogens is 270 g/mol. The molecule has 0 saturated heterocycles. The lowest BCUT2D eigenvalue weighted by Crippen LogP contribution is -2.11. The molecule has 6 heteroatoms. The molecule has 0 aliphatic carbocycles. The molecule has 18 heavy (non-hydrogen) atoms. The number of hydrogen-bond donors (Lipinski definition) is 2. The van der Waals surface area contributed by atoms with Gasteiger partial charge in [0.25, 0.3) is 5.91 Å². The number of aromatic nitrogens is 2. The van der Waals surface area contributed by atoms with Crippen LogP contribution in [-0.2, 0) is 0 Å². The van der Waals surface area contributed by atoms with Gasteiger partial charge in [0.15, 0.2) is 5.82 Å². The van der Waals surface area contributed by atoms with E-state index in [0.717, 1.165) is 10.9 Å². The molecule has 0 saturated carbocycles. The molecule has 4 nitrogen and oxygen atoms in total. The van der Waals surface area contributed by atoms with Crippen LogP contribution in [0.1, 0.15) is 9.67 Å². The molecule has 0 unspecified atom stereocenters. The van der Waals surface area contributed by atoms with E-state index in [-0.39, 0.29) is 5.91 Å². The normalized spacial score (nSPS) is 10.7. The predicted molar refractivity (Wildman–Crippen MR) is 73.4 cm³/mol. The summed E-state index contributed by atoms with van der Waals surface area (Å²) in [5, 5.41) is 12.8. The Morgan fingerprint density at radius 1 is 1.33 bits per heavy atom. The number of benzene rings is 1. The van der Waals surface area contributed by atoms with Gasteiger partial charge >= 0.3 is 0 Å². The summed E-state index contributed by atoms with van der Waals surface area (Å²) in [7, 11) is 0. The fourth-order valence-corrected chi connectivity index (χ4v) is 2.71. The number of anilines is 1. The molecule has 0 aliphatic heterocycles. The maximum absolute atomic E-state index is 12.0. The zero-order chi connectivity index (χ0) is 12.5. The summed E-state index contributed by atoms with van der Waals surface area (Å²) in [4.78, 5) is 12.5. The summed E-state index contributed by atoms with van der Waals surface area (Å²) in [6.07, 6.45) is 0. The lowest BCUT2D eigenvalue weighted by molar-refractivity contribution is 0.103. The van der Waals surface area contributed by atoms with Gasteiger partial charge in [0.1, 0.15) is 4.88 Å². The van der Waals surface area contributed by atoms with E-state index >= 15 is 0 Å². The summed E-state index contributed by atoms with van der Waals surface area (Å²) >= 11 is 7.22. The van der Waals surface area contributed by atoms with Gasteiger partial charge in [-0.05, 0) is 23.6 Å². The topological polar surface area (TPSA) is 57.8 Å². The number of H-pyrrole nitrogens is 1. The van der Waals surface area contributed by atoms with Crippen molar-refractivity contribution in [1.82, 2.24) is 10.2 Å². The first-order chi connectivity index (χ1) is 8.75. The summed E-state index contributed by atoms with van der Waals surface area (Å²) in [6, 6.07) is 9.29. The standard InChI is InChI=1S/C12H8ClN3OS/c13-8-5-6-18-10(8)12(17)14-11-7-3-1-2-4-9(7)15-16-11/h1-6H,(H2,14,15,16,17). The SMILES string of the molecule is O=C(Nc1n[nH]c2ccccc12)c1sccc1Cl. The molecule has 0 spiro atoms.